The van der Waals surface area contributed by atoms with E-state index in [1.165, 1.54) is 4.68 Å². The Bertz CT molecular complexity index is 1170. The van der Waals surface area contributed by atoms with Gasteiger partial charge in [0.2, 0.25) is 0 Å². The number of hydrogen-bond donors (Lipinski definition) is 1. The number of imidazole rings is 1. The molecule has 4 aromatic rings. The average molecular weight is 423 g/mol. The number of carbonyl (C=O) groups is 1. The van der Waals surface area contributed by atoms with Gasteiger partial charge in [0.15, 0.2) is 5.69 Å². The van der Waals surface area contributed by atoms with Gasteiger partial charge in [0.1, 0.15) is 17.6 Å². The van der Waals surface area contributed by atoms with Crippen LogP contribution in [-0.2, 0) is 7.05 Å². The van der Waals surface area contributed by atoms with Crippen LogP contribution in [-0.4, -0.2) is 37.6 Å². The zero-order chi connectivity index (χ0) is 21.1. The molecule has 4 rings (SSSR count). The van der Waals surface area contributed by atoms with Crippen molar-refractivity contribution in [3.05, 3.63) is 89.2 Å². The summed E-state index contributed by atoms with van der Waals surface area (Å²) in [6, 6.07) is 14.2. The third-order valence-corrected chi connectivity index (χ3v) is 4.99. The lowest BCUT2D eigenvalue weighted by atomic mass is 10.1. The molecule has 0 aliphatic carbocycles. The fourth-order valence-corrected chi connectivity index (χ4v) is 3.30. The Kier molecular flexibility index (Phi) is 5.49. The molecule has 0 aliphatic rings. The van der Waals surface area contributed by atoms with E-state index < -0.39 is 6.04 Å². The van der Waals surface area contributed by atoms with E-state index in [9.17, 15) is 4.79 Å². The molecule has 0 saturated heterocycles. The third-order valence-electron chi connectivity index (χ3n) is 4.67. The van der Waals surface area contributed by atoms with Gasteiger partial charge in [-0.1, -0.05) is 41.1 Å². The first-order valence-electron chi connectivity index (χ1n) is 9.16. The van der Waals surface area contributed by atoms with Gasteiger partial charge in [0.25, 0.3) is 5.91 Å². The largest absolute Gasteiger partial charge is 0.497 e. The van der Waals surface area contributed by atoms with Crippen LogP contribution in [0.3, 0.4) is 0 Å². The summed E-state index contributed by atoms with van der Waals surface area (Å²) >= 11 is 6.21. The lowest BCUT2D eigenvalue weighted by Crippen LogP contribution is -2.31. The van der Waals surface area contributed by atoms with E-state index >= 15 is 0 Å². The van der Waals surface area contributed by atoms with Gasteiger partial charge in [-0.3, -0.25) is 4.79 Å². The highest BCUT2D eigenvalue weighted by Crippen LogP contribution is 2.24. The summed E-state index contributed by atoms with van der Waals surface area (Å²) in [6.07, 6.45) is 5.05. The molecule has 2 heterocycles. The molecule has 1 unspecified atom stereocenters. The Labute approximate surface area is 178 Å². The first-order chi connectivity index (χ1) is 14.6. The average Bonchev–Trinajstić information content (AvgIpc) is 3.42. The highest BCUT2D eigenvalue weighted by Gasteiger charge is 2.23. The van der Waals surface area contributed by atoms with Crippen LogP contribution >= 0.6 is 11.6 Å². The molecule has 0 spiro atoms. The van der Waals surface area contributed by atoms with Crippen molar-refractivity contribution in [1.29, 1.82) is 0 Å². The minimum Gasteiger partial charge on any atom is -0.497 e. The number of hydrogen-bond acceptors (Lipinski definition) is 5. The van der Waals surface area contributed by atoms with Gasteiger partial charge in [-0.2, -0.15) is 0 Å². The zero-order valence-corrected chi connectivity index (χ0v) is 17.1. The van der Waals surface area contributed by atoms with Crippen molar-refractivity contribution in [1.82, 2.24) is 29.9 Å². The first kappa shape index (κ1) is 19.7. The molecular formula is C21H19ClN6O2. The van der Waals surface area contributed by atoms with Gasteiger partial charge in [-0.15, -0.1) is 5.10 Å². The molecule has 2 aromatic heterocycles. The Morgan fingerprint density at radius 3 is 2.60 bits per heavy atom. The van der Waals surface area contributed by atoms with Gasteiger partial charge in [-0.25, -0.2) is 9.67 Å². The number of halogens is 1. The highest BCUT2D eigenvalue weighted by molar-refractivity contribution is 6.32. The van der Waals surface area contributed by atoms with E-state index in [1.807, 2.05) is 54.2 Å². The molecule has 0 aliphatic heterocycles. The van der Waals surface area contributed by atoms with Crippen LogP contribution in [0, 0.1) is 0 Å². The van der Waals surface area contributed by atoms with E-state index in [4.69, 9.17) is 16.3 Å². The Balaban J connectivity index is 1.62. The molecule has 9 heteroatoms. The topological polar surface area (TPSA) is 86.9 Å². The summed E-state index contributed by atoms with van der Waals surface area (Å²) in [5.74, 6) is 1.04. The van der Waals surface area contributed by atoms with Gasteiger partial charge in [-0.05, 0) is 29.8 Å². The summed E-state index contributed by atoms with van der Waals surface area (Å²) in [4.78, 5) is 17.4. The summed E-state index contributed by atoms with van der Waals surface area (Å²) in [7, 11) is 3.48. The zero-order valence-electron chi connectivity index (χ0n) is 16.4. The van der Waals surface area contributed by atoms with Gasteiger partial charge >= 0.3 is 0 Å². The number of benzene rings is 2. The molecule has 8 nitrogen and oxygen atoms in total. The Morgan fingerprint density at radius 1 is 1.17 bits per heavy atom. The van der Waals surface area contributed by atoms with Crippen LogP contribution in [0.4, 0.5) is 0 Å². The number of amides is 1. The number of nitrogens with one attached hydrogen (secondary N) is 1. The first-order valence-corrected chi connectivity index (χ1v) is 9.54. The summed E-state index contributed by atoms with van der Waals surface area (Å²) in [5, 5.41) is 11.6. The number of aryl methyl sites for hydroxylation is 1. The smallest absolute Gasteiger partial charge is 0.274 e. The number of carbonyl (C=O) groups excluding carboxylic acids is 1. The SMILES string of the molecule is COc1ccc(C(NC(=O)c2cn(-c3ccccc3Cl)nn2)c2nccn2C)cc1. The van der Waals surface area contributed by atoms with Crippen LogP contribution in [0.1, 0.15) is 27.9 Å². The molecule has 0 bridgehead atoms. The van der Waals surface area contributed by atoms with Crippen LogP contribution < -0.4 is 10.1 Å². The van der Waals surface area contributed by atoms with E-state index in [1.54, 1.807) is 31.6 Å². The molecule has 0 saturated carbocycles. The van der Waals surface area contributed by atoms with Crippen molar-refractivity contribution >= 4 is 17.5 Å². The second-order valence-corrected chi connectivity index (χ2v) is 6.98. The summed E-state index contributed by atoms with van der Waals surface area (Å²) in [5.41, 5.74) is 1.67. The maximum atomic E-state index is 13.0. The van der Waals surface area contributed by atoms with Crippen molar-refractivity contribution in [3.63, 3.8) is 0 Å². The molecule has 1 atom stereocenters. The molecule has 0 radical (unpaired) electrons. The predicted molar refractivity (Wildman–Crippen MR) is 112 cm³/mol. The third kappa shape index (κ3) is 3.90. The lowest BCUT2D eigenvalue weighted by Gasteiger charge is -2.19. The molecule has 2 aromatic carbocycles. The minimum atomic E-state index is -0.478. The van der Waals surface area contributed by atoms with Gasteiger partial charge in [0.05, 0.1) is 24.0 Å². The number of methoxy groups -OCH3 is 1. The van der Waals surface area contributed by atoms with Crippen LogP contribution in [0.25, 0.3) is 5.69 Å². The van der Waals surface area contributed by atoms with E-state index in [2.05, 4.69) is 20.6 Å². The van der Waals surface area contributed by atoms with Crippen molar-refractivity contribution in [2.75, 3.05) is 7.11 Å². The number of ether oxygens (including phenoxy) is 1. The molecule has 30 heavy (non-hydrogen) atoms. The van der Waals surface area contributed by atoms with Crippen molar-refractivity contribution in [2.24, 2.45) is 7.05 Å². The fourth-order valence-electron chi connectivity index (χ4n) is 3.08. The van der Waals surface area contributed by atoms with Crippen LogP contribution in [0.5, 0.6) is 5.75 Å². The number of para-hydroxylation sites is 1. The highest BCUT2D eigenvalue weighted by atomic mass is 35.5. The maximum Gasteiger partial charge on any atom is 0.274 e. The van der Waals surface area contributed by atoms with Crippen molar-refractivity contribution < 1.29 is 9.53 Å². The van der Waals surface area contributed by atoms with Gasteiger partial charge < -0.3 is 14.6 Å². The maximum absolute atomic E-state index is 13.0. The van der Waals surface area contributed by atoms with Crippen LogP contribution in [0.15, 0.2) is 67.1 Å². The second kappa shape index (κ2) is 8.38. The fraction of sp³-hybridized carbons (Fsp3) is 0.143. The molecular weight excluding hydrogens is 404 g/mol. The van der Waals surface area contributed by atoms with E-state index in [-0.39, 0.29) is 11.6 Å². The lowest BCUT2D eigenvalue weighted by molar-refractivity contribution is 0.0936. The van der Waals surface area contributed by atoms with Gasteiger partial charge in [0, 0.05) is 19.4 Å². The quantitative estimate of drug-likeness (QED) is 0.515. The molecule has 0 fully saturated rings. The number of nitrogens with zero attached hydrogens (tertiary/aromatic N) is 5. The summed E-state index contributed by atoms with van der Waals surface area (Å²) in [6.45, 7) is 0. The normalized spacial score (nSPS) is 11.8. The van der Waals surface area contributed by atoms with E-state index in [0.29, 0.717) is 16.5 Å². The van der Waals surface area contributed by atoms with Crippen molar-refractivity contribution in [2.45, 2.75) is 6.04 Å². The van der Waals surface area contributed by atoms with E-state index in [0.717, 1.165) is 11.3 Å². The molecule has 152 valence electrons. The van der Waals surface area contributed by atoms with Crippen LogP contribution in [0.2, 0.25) is 5.02 Å². The summed E-state index contributed by atoms with van der Waals surface area (Å²) < 4.78 is 8.56. The number of aromatic nitrogens is 5. The monoisotopic (exact) mass is 422 g/mol. The Hall–Kier alpha value is -3.65. The molecule has 1 amide bonds. The second-order valence-electron chi connectivity index (χ2n) is 6.58. The molecule has 1 N–H and O–H groups in total. The Morgan fingerprint density at radius 2 is 1.93 bits per heavy atom. The number of rotatable bonds is 6. The predicted octanol–water partition coefficient (Wildman–Crippen LogP) is 3.18. The minimum absolute atomic E-state index is 0.169. The van der Waals surface area contributed by atoms with Crippen molar-refractivity contribution in [3.8, 4) is 11.4 Å². The standard InChI is InChI=1S/C21H19ClN6O2/c1-27-12-11-23-20(27)19(14-7-9-15(30-2)10-8-14)24-21(29)17-13-28(26-25-17)18-6-4-3-5-16(18)22/h3-13,19H,1-2H3,(H,24,29).